The van der Waals surface area contributed by atoms with Gasteiger partial charge >= 0.3 is 0 Å². The van der Waals surface area contributed by atoms with Crippen molar-refractivity contribution in [1.82, 2.24) is 5.32 Å². The second-order valence-corrected chi connectivity index (χ2v) is 5.90. The lowest BCUT2D eigenvalue weighted by Gasteiger charge is -2.29. The van der Waals surface area contributed by atoms with Crippen LogP contribution in [-0.2, 0) is 14.3 Å². The fourth-order valence-corrected chi connectivity index (χ4v) is 2.62. The number of carbonyl (C=O) groups excluding carboxylic acids is 1. The van der Waals surface area contributed by atoms with Gasteiger partial charge in [-0.05, 0) is 40.5 Å². The number of amides is 1. The van der Waals surface area contributed by atoms with E-state index < -0.39 is 5.54 Å². The van der Waals surface area contributed by atoms with E-state index >= 15 is 0 Å². The first kappa shape index (κ1) is 16.4. The molecule has 0 radical (unpaired) electrons. The van der Waals surface area contributed by atoms with Crippen LogP contribution in [0.1, 0.15) is 47.0 Å². The van der Waals surface area contributed by atoms with E-state index in [1.165, 1.54) is 0 Å². The minimum absolute atomic E-state index is 0.0921. The Hall–Kier alpha value is -0.650. The molecular weight excluding hydrogens is 244 g/mol. The van der Waals surface area contributed by atoms with Crippen LogP contribution in [0.15, 0.2) is 0 Å². The van der Waals surface area contributed by atoms with Gasteiger partial charge in [-0.2, -0.15) is 0 Å². The Morgan fingerprint density at radius 2 is 2.05 bits per heavy atom. The quantitative estimate of drug-likeness (QED) is 0.651. The molecule has 0 aromatic rings. The molecule has 1 rings (SSSR count). The first-order valence-corrected chi connectivity index (χ1v) is 7.16. The van der Waals surface area contributed by atoms with E-state index in [0.717, 1.165) is 12.8 Å². The fourth-order valence-electron chi connectivity index (χ4n) is 2.62. The van der Waals surface area contributed by atoms with Gasteiger partial charge in [-0.1, -0.05) is 0 Å². The van der Waals surface area contributed by atoms with Gasteiger partial charge in [-0.25, -0.2) is 0 Å². The zero-order valence-electron chi connectivity index (χ0n) is 12.6. The van der Waals surface area contributed by atoms with Gasteiger partial charge in [-0.15, -0.1) is 0 Å². The van der Waals surface area contributed by atoms with E-state index in [1.54, 1.807) is 0 Å². The van der Waals surface area contributed by atoms with Crippen molar-refractivity contribution < 1.29 is 14.3 Å². The van der Waals surface area contributed by atoms with Gasteiger partial charge in [0.1, 0.15) is 5.54 Å². The molecule has 5 heteroatoms. The molecule has 1 saturated carbocycles. The minimum atomic E-state index is -0.599. The molecule has 1 aliphatic carbocycles. The molecule has 1 fully saturated rings. The highest BCUT2D eigenvalue weighted by molar-refractivity contribution is 5.85. The topological polar surface area (TPSA) is 73.6 Å². The monoisotopic (exact) mass is 272 g/mol. The molecule has 0 bridgehead atoms. The maximum absolute atomic E-state index is 11.7. The van der Waals surface area contributed by atoms with Crippen LogP contribution in [0, 0.1) is 0 Å². The highest BCUT2D eigenvalue weighted by Crippen LogP contribution is 2.32. The minimum Gasteiger partial charge on any atom is -0.376 e. The summed E-state index contributed by atoms with van der Waals surface area (Å²) in [6.45, 7) is 9.21. The van der Waals surface area contributed by atoms with Crippen molar-refractivity contribution in [1.29, 1.82) is 0 Å². The average Bonchev–Trinajstić information content (AvgIpc) is 2.68. The van der Waals surface area contributed by atoms with E-state index in [0.29, 0.717) is 19.6 Å². The fraction of sp³-hybridized carbons (Fsp3) is 0.929. The molecule has 0 aromatic carbocycles. The first-order chi connectivity index (χ1) is 8.85. The van der Waals surface area contributed by atoms with Gasteiger partial charge < -0.3 is 20.5 Å². The summed E-state index contributed by atoms with van der Waals surface area (Å²) in [5.41, 5.74) is 4.96. The molecule has 5 nitrogen and oxygen atoms in total. The van der Waals surface area contributed by atoms with Crippen LogP contribution in [0.4, 0.5) is 0 Å². The third-order valence-electron chi connectivity index (χ3n) is 3.39. The summed E-state index contributed by atoms with van der Waals surface area (Å²) < 4.78 is 11.2. The molecule has 1 amide bonds. The summed E-state index contributed by atoms with van der Waals surface area (Å²) >= 11 is 0. The normalized spacial score (nSPS) is 27.4. The third kappa shape index (κ3) is 5.09. The van der Waals surface area contributed by atoms with Gasteiger partial charge in [0, 0.05) is 12.5 Å². The van der Waals surface area contributed by atoms with Gasteiger partial charge in [-0.3, -0.25) is 4.79 Å². The molecular formula is C14H28N2O3. The van der Waals surface area contributed by atoms with Gasteiger partial charge in [0.05, 0.1) is 25.4 Å². The second kappa shape index (κ2) is 7.22. The van der Waals surface area contributed by atoms with Crippen LogP contribution in [0.2, 0.25) is 0 Å². The van der Waals surface area contributed by atoms with E-state index in [2.05, 4.69) is 5.32 Å². The number of ether oxygens (including phenoxy) is 2. The molecule has 112 valence electrons. The van der Waals surface area contributed by atoms with Gasteiger partial charge in [0.15, 0.2) is 0 Å². The Morgan fingerprint density at radius 3 is 2.58 bits per heavy atom. The molecule has 0 aliphatic heterocycles. The zero-order valence-corrected chi connectivity index (χ0v) is 12.6. The lowest BCUT2D eigenvalue weighted by Crippen LogP contribution is -2.56. The van der Waals surface area contributed by atoms with Crippen LogP contribution >= 0.6 is 0 Å². The average molecular weight is 272 g/mol. The lowest BCUT2D eigenvalue weighted by molar-refractivity contribution is -0.125. The predicted octanol–water partition coefficient (Wildman–Crippen LogP) is 1.20. The summed E-state index contributed by atoms with van der Waals surface area (Å²) in [6.07, 6.45) is 2.58. The molecule has 0 heterocycles. The van der Waals surface area contributed by atoms with Crippen molar-refractivity contribution in [2.75, 3.05) is 13.2 Å². The molecule has 3 N–H and O–H groups in total. The van der Waals surface area contributed by atoms with Gasteiger partial charge in [0.2, 0.25) is 5.91 Å². The zero-order chi connectivity index (χ0) is 14.5. The summed E-state index contributed by atoms with van der Waals surface area (Å²) in [7, 11) is 0. The van der Waals surface area contributed by atoms with Crippen molar-refractivity contribution in [2.24, 2.45) is 5.73 Å². The number of primary amides is 1. The Bertz CT molecular complexity index is 294. The van der Waals surface area contributed by atoms with Crippen LogP contribution in [-0.4, -0.2) is 42.9 Å². The van der Waals surface area contributed by atoms with Crippen LogP contribution in [0.25, 0.3) is 0 Å². The highest BCUT2D eigenvalue weighted by Gasteiger charge is 2.44. The van der Waals surface area contributed by atoms with Crippen molar-refractivity contribution >= 4 is 5.91 Å². The smallest absolute Gasteiger partial charge is 0.237 e. The largest absolute Gasteiger partial charge is 0.376 e. The number of nitrogens with two attached hydrogens (primary N) is 1. The highest BCUT2D eigenvalue weighted by atomic mass is 16.5. The molecule has 19 heavy (non-hydrogen) atoms. The third-order valence-corrected chi connectivity index (χ3v) is 3.39. The Morgan fingerprint density at radius 1 is 1.37 bits per heavy atom. The molecule has 0 saturated heterocycles. The maximum atomic E-state index is 11.7. The number of rotatable bonds is 8. The summed E-state index contributed by atoms with van der Waals surface area (Å²) in [5, 5.41) is 3.31. The Balaban J connectivity index is 2.39. The van der Waals surface area contributed by atoms with Crippen LogP contribution in [0.3, 0.4) is 0 Å². The Labute approximate surface area is 116 Å². The van der Waals surface area contributed by atoms with Crippen molar-refractivity contribution in [2.45, 2.75) is 70.7 Å². The summed E-state index contributed by atoms with van der Waals surface area (Å²) in [5.74, 6) is -0.272. The molecule has 0 aromatic heterocycles. The number of nitrogens with one attached hydrogen (secondary N) is 1. The van der Waals surface area contributed by atoms with Crippen LogP contribution in [0.5, 0.6) is 0 Å². The van der Waals surface area contributed by atoms with E-state index in [4.69, 9.17) is 15.2 Å². The Kier molecular flexibility index (Phi) is 6.23. The first-order valence-electron chi connectivity index (χ1n) is 7.16. The van der Waals surface area contributed by atoms with Crippen molar-refractivity contribution in [3.63, 3.8) is 0 Å². The standard InChI is InChI=1S/C14H28N2O3/c1-10(2)16-14(13(15)17)6-5-12(9-14)19-8-7-18-11(3)4/h10-12,16H,5-9H2,1-4H3,(H2,15,17). The number of carbonyl (C=O) groups is 1. The summed E-state index contributed by atoms with van der Waals surface area (Å²) in [4.78, 5) is 11.7. The van der Waals surface area contributed by atoms with E-state index in [9.17, 15) is 4.79 Å². The molecule has 2 atom stereocenters. The maximum Gasteiger partial charge on any atom is 0.237 e. The van der Waals surface area contributed by atoms with Crippen molar-refractivity contribution in [3.05, 3.63) is 0 Å². The van der Waals surface area contributed by atoms with Crippen molar-refractivity contribution in [3.8, 4) is 0 Å². The number of hydrogen-bond donors (Lipinski definition) is 2. The lowest BCUT2D eigenvalue weighted by atomic mass is 9.95. The molecule has 0 spiro atoms. The van der Waals surface area contributed by atoms with E-state index in [1.807, 2.05) is 27.7 Å². The molecule has 1 aliphatic rings. The van der Waals surface area contributed by atoms with Crippen LogP contribution < -0.4 is 11.1 Å². The molecule has 2 unspecified atom stereocenters. The predicted molar refractivity (Wildman–Crippen MR) is 74.9 cm³/mol. The second-order valence-electron chi connectivity index (χ2n) is 5.90. The number of hydrogen-bond acceptors (Lipinski definition) is 4. The van der Waals surface area contributed by atoms with E-state index in [-0.39, 0.29) is 24.2 Å². The SMILES string of the molecule is CC(C)NC1(C(N)=O)CCC(OCCOC(C)C)C1. The summed E-state index contributed by atoms with van der Waals surface area (Å²) in [6, 6.07) is 0.232. The van der Waals surface area contributed by atoms with Gasteiger partial charge in [0.25, 0.3) is 0 Å².